The van der Waals surface area contributed by atoms with Gasteiger partial charge < -0.3 is 9.88 Å². The molecule has 1 aliphatic heterocycles. The minimum atomic E-state index is -0.652. The zero-order chi connectivity index (χ0) is 26.2. The van der Waals surface area contributed by atoms with E-state index < -0.39 is 29.4 Å². The highest BCUT2D eigenvalue weighted by atomic mass is 32.2. The number of amides is 3. The number of para-hydroxylation sites is 1. The van der Waals surface area contributed by atoms with Crippen LogP contribution in [0.4, 0.5) is 14.9 Å². The molecule has 0 atom stereocenters. The Bertz CT molecular complexity index is 1380. The number of anilines is 1. The highest BCUT2D eigenvalue weighted by molar-refractivity contribution is 8.18. The maximum Gasteiger partial charge on any atom is 0.294 e. The smallest absolute Gasteiger partial charge is 0.294 e. The second-order valence-electron chi connectivity index (χ2n) is 9.75. The molecule has 0 bridgehead atoms. The van der Waals surface area contributed by atoms with E-state index in [1.807, 2.05) is 19.9 Å². The summed E-state index contributed by atoms with van der Waals surface area (Å²) in [5.41, 5.74) is 5.03. The molecule has 0 saturated carbocycles. The average Bonchev–Trinajstić information content (AvgIpc) is 3.24. The van der Waals surface area contributed by atoms with Gasteiger partial charge in [0.2, 0.25) is 5.91 Å². The van der Waals surface area contributed by atoms with Crippen molar-refractivity contribution in [3.8, 4) is 5.69 Å². The maximum absolute atomic E-state index is 13.8. The molecule has 0 radical (unpaired) electrons. The lowest BCUT2D eigenvalue weighted by Gasteiger charge is -2.20. The van der Waals surface area contributed by atoms with Crippen LogP contribution in [0.3, 0.4) is 0 Å². The second kappa shape index (κ2) is 9.78. The molecule has 1 aromatic heterocycles. The van der Waals surface area contributed by atoms with Crippen LogP contribution in [0.15, 0.2) is 59.5 Å². The molecule has 8 heteroatoms. The van der Waals surface area contributed by atoms with Gasteiger partial charge in [-0.2, -0.15) is 0 Å². The lowest BCUT2D eigenvalue weighted by molar-refractivity contribution is -0.127. The van der Waals surface area contributed by atoms with E-state index in [2.05, 4.69) is 54.9 Å². The summed E-state index contributed by atoms with van der Waals surface area (Å²) in [4.78, 5) is 38.9. The Kier molecular flexibility index (Phi) is 6.91. The summed E-state index contributed by atoms with van der Waals surface area (Å²) in [5.74, 6) is -1.79. The number of nitrogens with zero attached hydrogens (tertiary/aromatic N) is 2. The van der Waals surface area contributed by atoms with Crippen molar-refractivity contribution in [3.63, 3.8) is 0 Å². The van der Waals surface area contributed by atoms with Crippen molar-refractivity contribution >= 4 is 40.6 Å². The van der Waals surface area contributed by atoms with E-state index in [1.54, 1.807) is 12.1 Å². The maximum atomic E-state index is 13.8. The SMILES string of the molecule is Cc1cc(/C=C2\SC(=O)N(CC(=O)Nc3ccccc3F)C2=O)c(C)n1-c1ccc(C(C)(C)C)cc1. The molecule has 0 spiro atoms. The summed E-state index contributed by atoms with van der Waals surface area (Å²) in [6.45, 7) is 9.97. The Balaban J connectivity index is 1.53. The third kappa shape index (κ3) is 5.14. The topological polar surface area (TPSA) is 71.4 Å². The minimum absolute atomic E-state index is 0.00649. The van der Waals surface area contributed by atoms with E-state index in [1.165, 1.54) is 23.8 Å². The largest absolute Gasteiger partial charge is 0.322 e. The first-order chi connectivity index (χ1) is 17.0. The number of nitrogens with one attached hydrogen (secondary N) is 1. The first-order valence-corrected chi connectivity index (χ1v) is 12.4. The number of imide groups is 1. The van der Waals surface area contributed by atoms with E-state index in [0.29, 0.717) is 0 Å². The first kappa shape index (κ1) is 25.4. The summed E-state index contributed by atoms with van der Waals surface area (Å²) in [6, 6.07) is 16.1. The Morgan fingerprint density at radius 2 is 1.72 bits per heavy atom. The van der Waals surface area contributed by atoms with E-state index in [-0.39, 0.29) is 16.0 Å². The van der Waals surface area contributed by atoms with E-state index in [0.717, 1.165) is 39.3 Å². The fraction of sp³-hybridized carbons (Fsp3) is 0.250. The highest BCUT2D eigenvalue weighted by Crippen LogP contribution is 2.34. The molecule has 1 N–H and O–H groups in total. The third-order valence-corrected chi connectivity index (χ3v) is 6.98. The standard InChI is InChI=1S/C28H28FN3O3S/c1-17-14-19(18(2)32(17)21-12-10-20(11-13-21)28(3,4)5)15-24-26(34)31(27(35)36-24)16-25(33)30-23-9-7-6-8-22(23)29/h6-15H,16H2,1-5H3,(H,30,33)/b24-15-. The molecule has 1 fully saturated rings. The minimum Gasteiger partial charge on any atom is -0.322 e. The normalized spacial score (nSPS) is 15.2. The van der Waals surface area contributed by atoms with Crippen LogP contribution in [0.1, 0.15) is 43.3 Å². The highest BCUT2D eigenvalue weighted by Gasteiger charge is 2.36. The molecule has 1 saturated heterocycles. The lowest BCUT2D eigenvalue weighted by Crippen LogP contribution is -2.36. The van der Waals surface area contributed by atoms with E-state index in [4.69, 9.17) is 0 Å². The van der Waals surface area contributed by atoms with Crippen molar-refractivity contribution in [3.05, 3.63) is 87.8 Å². The summed E-state index contributed by atoms with van der Waals surface area (Å²) < 4.78 is 15.9. The van der Waals surface area contributed by atoms with Crippen LogP contribution in [-0.4, -0.2) is 33.1 Å². The predicted octanol–water partition coefficient (Wildman–Crippen LogP) is 6.21. The number of thioether (sulfide) groups is 1. The molecule has 3 amide bonds. The van der Waals surface area contributed by atoms with Crippen LogP contribution in [0.25, 0.3) is 11.8 Å². The molecule has 2 heterocycles. The van der Waals surface area contributed by atoms with Gasteiger partial charge in [0.05, 0.1) is 10.6 Å². The average molecular weight is 506 g/mol. The molecule has 6 nitrogen and oxygen atoms in total. The molecule has 0 unspecified atom stereocenters. The van der Waals surface area contributed by atoms with Crippen LogP contribution >= 0.6 is 11.8 Å². The van der Waals surface area contributed by atoms with Gasteiger partial charge in [0.1, 0.15) is 12.4 Å². The Labute approximate surface area is 214 Å². The number of aryl methyl sites for hydroxylation is 1. The number of halogens is 1. The van der Waals surface area contributed by atoms with Gasteiger partial charge in [-0.3, -0.25) is 19.3 Å². The van der Waals surface area contributed by atoms with Gasteiger partial charge in [-0.05, 0) is 78.6 Å². The van der Waals surface area contributed by atoms with Crippen molar-refractivity contribution in [2.75, 3.05) is 11.9 Å². The molecular weight excluding hydrogens is 477 g/mol. The molecule has 36 heavy (non-hydrogen) atoms. The summed E-state index contributed by atoms with van der Waals surface area (Å²) in [6.07, 6.45) is 1.68. The predicted molar refractivity (Wildman–Crippen MR) is 142 cm³/mol. The number of benzene rings is 2. The van der Waals surface area contributed by atoms with Crippen LogP contribution in [0.5, 0.6) is 0 Å². The van der Waals surface area contributed by atoms with Crippen molar-refractivity contribution in [2.24, 2.45) is 0 Å². The molecular formula is C28H28FN3O3S. The van der Waals surface area contributed by atoms with Gasteiger partial charge in [-0.15, -0.1) is 0 Å². The van der Waals surface area contributed by atoms with Gasteiger partial charge in [-0.1, -0.05) is 45.0 Å². The van der Waals surface area contributed by atoms with Crippen LogP contribution in [0.2, 0.25) is 0 Å². The van der Waals surface area contributed by atoms with Crippen molar-refractivity contribution in [1.82, 2.24) is 9.47 Å². The van der Waals surface area contributed by atoms with Crippen LogP contribution < -0.4 is 5.32 Å². The summed E-state index contributed by atoms with van der Waals surface area (Å²) in [7, 11) is 0. The zero-order valence-electron chi connectivity index (χ0n) is 20.9. The number of hydrogen-bond donors (Lipinski definition) is 1. The van der Waals surface area contributed by atoms with Crippen molar-refractivity contribution in [2.45, 2.75) is 40.0 Å². The Morgan fingerprint density at radius 3 is 2.36 bits per heavy atom. The number of carbonyl (C=O) groups is 3. The van der Waals surface area contributed by atoms with Gasteiger partial charge >= 0.3 is 0 Å². The fourth-order valence-electron chi connectivity index (χ4n) is 4.12. The third-order valence-electron chi connectivity index (χ3n) is 6.07. The molecule has 2 aromatic carbocycles. The Hall–Kier alpha value is -3.65. The van der Waals surface area contributed by atoms with Crippen molar-refractivity contribution < 1.29 is 18.8 Å². The number of aromatic nitrogens is 1. The number of hydrogen-bond acceptors (Lipinski definition) is 4. The zero-order valence-corrected chi connectivity index (χ0v) is 21.7. The Morgan fingerprint density at radius 1 is 1.06 bits per heavy atom. The first-order valence-electron chi connectivity index (χ1n) is 11.6. The lowest BCUT2D eigenvalue weighted by atomic mass is 9.87. The van der Waals surface area contributed by atoms with Gasteiger partial charge in [-0.25, -0.2) is 4.39 Å². The van der Waals surface area contributed by atoms with Crippen LogP contribution in [-0.2, 0) is 15.0 Å². The van der Waals surface area contributed by atoms with Gasteiger partial charge in [0.15, 0.2) is 0 Å². The van der Waals surface area contributed by atoms with E-state index >= 15 is 0 Å². The second-order valence-corrected chi connectivity index (χ2v) is 10.7. The van der Waals surface area contributed by atoms with E-state index in [9.17, 15) is 18.8 Å². The van der Waals surface area contributed by atoms with Gasteiger partial charge in [0, 0.05) is 17.1 Å². The molecule has 4 rings (SSSR count). The van der Waals surface area contributed by atoms with Gasteiger partial charge in [0.25, 0.3) is 11.1 Å². The fourth-order valence-corrected chi connectivity index (χ4v) is 4.94. The molecule has 0 aliphatic carbocycles. The van der Waals surface area contributed by atoms with Crippen LogP contribution in [0, 0.1) is 19.7 Å². The molecule has 3 aromatic rings. The number of carbonyl (C=O) groups excluding carboxylic acids is 3. The quantitative estimate of drug-likeness (QED) is 0.419. The molecule has 1 aliphatic rings. The summed E-state index contributed by atoms with van der Waals surface area (Å²) in [5, 5.41) is 1.86. The van der Waals surface area contributed by atoms with Crippen molar-refractivity contribution in [1.29, 1.82) is 0 Å². The summed E-state index contributed by atoms with van der Waals surface area (Å²) >= 11 is 0.788. The number of rotatable bonds is 5. The molecule has 186 valence electrons. The monoisotopic (exact) mass is 505 g/mol.